The average Bonchev–Trinajstić information content (AvgIpc) is 3.19. The molecule has 0 aromatic heterocycles. The highest BCUT2D eigenvalue weighted by Crippen LogP contribution is 2.30. The second-order valence-corrected chi connectivity index (χ2v) is 12.5. The molecule has 1 heterocycles. The molecule has 0 bridgehead atoms. The van der Waals surface area contributed by atoms with E-state index in [1.165, 1.54) is 6.07 Å². The Morgan fingerprint density at radius 2 is 1.04 bits per heavy atom. The summed E-state index contributed by atoms with van der Waals surface area (Å²) in [5.41, 5.74) is 4.41. The minimum atomic E-state index is -1.29. The van der Waals surface area contributed by atoms with E-state index in [0.717, 1.165) is 22.3 Å². The molecule has 0 unspecified atom stereocenters. The average molecular weight is 657 g/mol. The Hall–Kier alpha value is -5.44. The number of hydrogen-bond donors (Lipinski definition) is 3. The first kappa shape index (κ1) is 33.5. The van der Waals surface area contributed by atoms with Crippen LogP contribution in [-0.2, 0) is 32.5 Å². The van der Waals surface area contributed by atoms with Crippen LogP contribution in [0.3, 0.4) is 0 Å². The number of ether oxygens (including phenoxy) is 1. The number of nitrogens with zero attached hydrogens (tertiary/aromatic N) is 2. The van der Waals surface area contributed by atoms with Crippen LogP contribution in [0.5, 0.6) is 5.75 Å². The first-order valence-electron chi connectivity index (χ1n) is 16.4. The number of amides is 2. The van der Waals surface area contributed by atoms with Crippen molar-refractivity contribution < 1.29 is 29.6 Å². The van der Waals surface area contributed by atoms with Crippen molar-refractivity contribution in [3.8, 4) is 5.75 Å². The molecule has 0 spiro atoms. The van der Waals surface area contributed by atoms with Gasteiger partial charge >= 0.3 is 12.0 Å². The Labute approximate surface area is 286 Å². The van der Waals surface area contributed by atoms with Crippen molar-refractivity contribution in [2.45, 2.75) is 56.8 Å². The van der Waals surface area contributed by atoms with Crippen molar-refractivity contribution in [3.05, 3.63) is 173 Å². The van der Waals surface area contributed by atoms with E-state index < -0.39 is 30.3 Å². The minimum Gasteiger partial charge on any atom is -0.489 e. The number of carboxylic acids is 1. The van der Waals surface area contributed by atoms with Gasteiger partial charge in [0.15, 0.2) is 0 Å². The third-order valence-corrected chi connectivity index (χ3v) is 9.06. The molecular formula is C41H40N2O6. The smallest absolute Gasteiger partial charge is 0.335 e. The first-order valence-corrected chi connectivity index (χ1v) is 16.4. The Balaban J connectivity index is 1.35. The summed E-state index contributed by atoms with van der Waals surface area (Å²) in [4.78, 5) is 29.9. The molecule has 5 aromatic rings. The fraction of sp³-hybridized carbons (Fsp3) is 0.220. The lowest BCUT2D eigenvalue weighted by atomic mass is 9.91. The van der Waals surface area contributed by atoms with Crippen molar-refractivity contribution >= 4 is 12.0 Å². The zero-order valence-electron chi connectivity index (χ0n) is 27.1. The van der Waals surface area contributed by atoms with Crippen molar-refractivity contribution in [3.63, 3.8) is 0 Å². The fourth-order valence-electron chi connectivity index (χ4n) is 6.44. The molecule has 1 aliphatic heterocycles. The van der Waals surface area contributed by atoms with E-state index in [2.05, 4.69) is 0 Å². The Morgan fingerprint density at radius 1 is 0.571 bits per heavy atom. The van der Waals surface area contributed by atoms with E-state index in [1.807, 2.05) is 115 Å². The van der Waals surface area contributed by atoms with Crippen LogP contribution < -0.4 is 4.74 Å². The second kappa shape index (κ2) is 15.6. The molecule has 1 fully saturated rings. The lowest BCUT2D eigenvalue weighted by Crippen LogP contribution is -2.50. The molecule has 3 N–H and O–H groups in total. The van der Waals surface area contributed by atoms with Gasteiger partial charge in [-0.1, -0.05) is 115 Å². The molecule has 1 aliphatic rings. The quantitative estimate of drug-likeness (QED) is 0.145. The number of urea groups is 1. The molecule has 0 aliphatic carbocycles. The van der Waals surface area contributed by atoms with Gasteiger partial charge in [-0.2, -0.15) is 0 Å². The van der Waals surface area contributed by atoms with Gasteiger partial charge < -0.3 is 29.9 Å². The molecule has 250 valence electrons. The molecule has 8 heteroatoms. The maximum absolute atomic E-state index is 14.9. The van der Waals surface area contributed by atoms with E-state index in [0.29, 0.717) is 30.8 Å². The summed E-state index contributed by atoms with van der Waals surface area (Å²) in [5.74, 6) is -0.380. The number of aliphatic hydroxyl groups excluding tert-OH is 2. The van der Waals surface area contributed by atoms with Gasteiger partial charge in [0.1, 0.15) is 24.6 Å². The number of hydrogen-bond acceptors (Lipinski definition) is 5. The van der Waals surface area contributed by atoms with E-state index in [9.17, 15) is 24.9 Å². The molecule has 0 saturated carbocycles. The molecule has 8 nitrogen and oxygen atoms in total. The van der Waals surface area contributed by atoms with Crippen LogP contribution in [-0.4, -0.2) is 61.4 Å². The van der Waals surface area contributed by atoms with E-state index in [-0.39, 0.29) is 24.7 Å². The second-order valence-electron chi connectivity index (χ2n) is 12.5. The number of carboxylic acid groups (broad SMARTS) is 1. The van der Waals surface area contributed by atoms with Gasteiger partial charge in [0.05, 0.1) is 17.6 Å². The molecule has 49 heavy (non-hydrogen) atoms. The maximum Gasteiger partial charge on any atom is 0.335 e. The van der Waals surface area contributed by atoms with E-state index in [1.54, 1.807) is 28.0 Å². The summed E-state index contributed by atoms with van der Waals surface area (Å²) in [6, 6.07) is 41.2. The first-order chi connectivity index (χ1) is 23.9. The van der Waals surface area contributed by atoms with Crippen LogP contribution in [0.25, 0.3) is 0 Å². The molecule has 4 atom stereocenters. The highest BCUT2D eigenvalue weighted by molar-refractivity contribution is 5.87. The van der Waals surface area contributed by atoms with E-state index >= 15 is 0 Å². The molecular weight excluding hydrogens is 616 g/mol. The Bertz CT molecular complexity index is 1820. The molecule has 5 aromatic carbocycles. The van der Waals surface area contributed by atoms with Crippen LogP contribution in [0.4, 0.5) is 4.79 Å². The van der Waals surface area contributed by atoms with Crippen molar-refractivity contribution in [2.24, 2.45) is 0 Å². The lowest BCUT2D eigenvalue weighted by molar-refractivity contribution is -0.0408. The largest absolute Gasteiger partial charge is 0.489 e. The summed E-state index contributed by atoms with van der Waals surface area (Å²) in [6.07, 6.45) is -1.95. The van der Waals surface area contributed by atoms with Gasteiger partial charge in [-0.05, 0) is 64.9 Å². The lowest BCUT2D eigenvalue weighted by Gasteiger charge is -2.36. The van der Waals surface area contributed by atoms with Crippen LogP contribution >= 0.6 is 0 Å². The summed E-state index contributed by atoms with van der Waals surface area (Å²) in [6.45, 7) is 0.639. The van der Waals surface area contributed by atoms with Gasteiger partial charge in [0.2, 0.25) is 0 Å². The van der Waals surface area contributed by atoms with Gasteiger partial charge in [0.25, 0.3) is 0 Å². The molecule has 0 radical (unpaired) electrons. The van der Waals surface area contributed by atoms with Crippen molar-refractivity contribution in [1.29, 1.82) is 0 Å². The molecule has 1 saturated heterocycles. The van der Waals surface area contributed by atoms with Crippen LogP contribution in [0, 0.1) is 0 Å². The Kier molecular flexibility index (Phi) is 10.7. The third kappa shape index (κ3) is 8.35. The maximum atomic E-state index is 14.9. The number of benzene rings is 5. The van der Waals surface area contributed by atoms with Crippen LogP contribution in [0.1, 0.15) is 38.2 Å². The topological polar surface area (TPSA) is 111 Å². The summed E-state index contributed by atoms with van der Waals surface area (Å²) in [5, 5.41) is 33.5. The summed E-state index contributed by atoms with van der Waals surface area (Å²) >= 11 is 0. The van der Waals surface area contributed by atoms with Crippen LogP contribution in [0.15, 0.2) is 140 Å². The zero-order chi connectivity index (χ0) is 34.2. The number of aliphatic hydroxyl groups is 2. The minimum absolute atomic E-state index is 0.0437. The number of carbonyl (C=O) groups excluding carboxylic acids is 1. The standard InChI is InChI=1S/C41H40N2O6/c44-38-36(24-29-11-4-1-5-12-29)42(26-31-19-21-35(22-20-31)49-28-32-15-8-3-9-16-32)41(48)43(27-33-17-10-18-34(23-33)40(46)47)37(39(38)45)25-30-13-6-2-7-14-30/h1-23,36-39,44-45H,24-28H2,(H,46,47)/t36-,37-,38+,39+/m1/s1. The third-order valence-electron chi connectivity index (χ3n) is 9.06. The monoisotopic (exact) mass is 656 g/mol. The number of aromatic carboxylic acids is 1. The summed E-state index contributed by atoms with van der Waals surface area (Å²) in [7, 11) is 0. The molecule has 2 amide bonds. The van der Waals surface area contributed by atoms with Crippen LogP contribution in [0.2, 0.25) is 0 Å². The highest BCUT2D eigenvalue weighted by Gasteiger charge is 2.46. The SMILES string of the molecule is O=C(O)c1cccc(CN2C(=O)N(Cc3ccc(OCc4ccccc4)cc3)[C@H](Cc3ccccc3)[C@H](O)[C@@H](O)[C@H]2Cc2ccccc2)c1. The summed E-state index contributed by atoms with van der Waals surface area (Å²) < 4.78 is 5.99. The van der Waals surface area contributed by atoms with E-state index in [4.69, 9.17) is 4.74 Å². The van der Waals surface area contributed by atoms with Gasteiger partial charge in [0, 0.05) is 13.1 Å². The predicted molar refractivity (Wildman–Crippen MR) is 187 cm³/mol. The van der Waals surface area contributed by atoms with Crippen molar-refractivity contribution in [1.82, 2.24) is 9.80 Å². The Morgan fingerprint density at radius 3 is 1.55 bits per heavy atom. The van der Waals surface area contributed by atoms with Gasteiger partial charge in [-0.25, -0.2) is 9.59 Å². The highest BCUT2D eigenvalue weighted by atomic mass is 16.5. The number of carbonyl (C=O) groups is 2. The van der Waals surface area contributed by atoms with Gasteiger partial charge in [-0.3, -0.25) is 0 Å². The van der Waals surface area contributed by atoms with Gasteiger partial charge in [-0.15, -0.1) is 0 Å². The van der Waals surface area contributed by atoms with Crippen molar-refractivity contribution in [2.75, 3.05) is 0 Å². The number of rotatable bonds is 12. The normalized spacial score (nSPS) is 19.3. The fourth-order valence-corrected chi connectivity index (χ4v) is 6.44. The zero-order valence-corrected chi connectivity index (χ0v) is 27.1. The molecule has 6 rings (SSSR count). The predicted octanol–water partition coefficient (Wildman–Crippen LogP) is 6.35.